The van der Waals surface area contributed by atoms with E-state index in [0.29, 0.717) is 0 Å². The SMILES string of the molecule is CC(C)(C)c1ccc2c(c1)c1cc(C(C)(C)C)cc3c4c5c6c7ccccc7cc7c8cc9ccccc9c(-c9ccc%10c(c9)c9ccccc9n%10-c9ccccc9)c8n(c5cnc4n2c13)c76. The molecule has 4 heteroatoms. The summed E-state index contributed by atoms with van der Waals surface area (Å²) in [5.41, 5.74) is 15.8. The Labute approximate surface area is 386 Å². The molecular formula is C63H46N4. The molecule has 0 unspecified atom stereocenters. The zero-order valence-corrected chi connectivity index (χ0v) is 38.5. The molecule has 0 saturated carbocycles. The Morgan fingerprint density at radius 2 is 0.970 bits per heavy atom. The molecule has 67 heavy (non-hydrogen) atoms. The van der Waals surface area contributed by atoms with E-state index >= 15 is 0 Å². The minimum atomic E-state index is -0.0620. The summed E-state index contributed by atoms with van der Waals surface area (Å²) in [6.07, 6.45) is 2.19. The lowest BCUT2D eigenvalue weighted by atomic mass is 9.84. The summed E-state index contributed by atoms with van der Waals surface area (Å²) in [7, 11) is 0. The van der Waals surface area contributed by atoms with Crippen molar-refractivity contribution in [1.82, 2.24) is 18.4 Å². The van der Waals surface area contributed by atoms with Gasteiger partial charge in [-0.25, -0.2) is 4.98 Å². The second-order valence-electron chi connectivity index (χ2n) is 21.2. The van der Waals surface area contributed by atoms with Gasteiger partial charge in [0.05, 0.1) is 44.8 Å². The van der Waals surface area contributed by atoms with Crippen molar-refractivity contribution in [3.8, 4) is 16.8 Å². The number of rotatable bonds is 2. The molecule has 15 aromatic rings. The van der Waals surface area contributed by atoms with Crippen LogP contribution in [-0.2, 0) is 10.8 Å². The summed E-state index contributed by atoms with van der Waals surface area (Å²) in [5, 5.41) is 17.7. The smallest absolute Gasteiger partial charge is 0.146 e. The normalized spacial score (nSPS) is 13.2. The maximum absolute atomic E-state index is 5.60. The third-order valence-corrected chi connectivity index (χ3v) is 15.4. The molecule has 9 aromatic carbocycles. The Kier molecular flexibility index (Phi) is 6.94. The molecule has 15 rings (SSSR count). The van der Waals surface area contributed by atoms with Crippen molar-refractivity contribution in [1.29, 1.82) is 0 Å². The fraction of sp³-hybridized carbons (Fsp3) is 0.127. The van der Waals surface area contributed by atoms with Crippen LogP contribution in [0.15, 0.2) is 170 Å². The number of pyridine rings is 1. The van der Waals surface area contributed by atoms with Gasteiger partial charge < -0.3 is 8.97 Å². The molecule has 6 heterocycles. The minimum absolute atomic E-state index is 0.0289. The highest BCUT2D eigenvalue weighted by molar-refractivity contribution is 6.40. The summed E-state index contributed by atoms with van der Waals surface area (Å²) in [6, 6.07) is 61.7. The van der Waals surface area contributed by atoms with Crippen molar-refractivity contribution >= 4 is 120 Å². The monoisotopic (exact) mass is 858 g/mol. The summed E-state index contributed by atoms with van der Waals surface area (Å²) >= 11 is 0. The quantitative estimate of drug-likeness (QED) is 0.170. The van der Waals surface area contributed by atoms with Gasteiger partial charge in [-0.15, -0.1) is 0 Å². The number of benzene rings is 9. The van der Waals surface area contributed by atoms with Crippen LogP contribution < -0.4 is 0 Å². The van der Waals surface area contributed by atoms with Gasteiger partial charge >= 0.3 is 0 Å². The van der Waals surface area contributed by atoms with Gasteiger partial charge in [-0.1, -0.05) is 139 Å². The number of fused-ring (bicyclic) bond motifs is 19. The molecule has 4 nitrogen and oxygen atoms in total. The van der Waals surface area contributed by atoms with Gasteiger partial charge in [0.1, 0.15) is 5.65 Å². The Bertz CT molecular complexity index is 4620. The zero-order chi connectivity index (χ0) is 44.8. The van der Waals surface area contributed by atoms with E-state index in [1.54, 1.807) is 0 Å². The van der Waals surface area contributed by atoms with Crippen LogP contribution in [0.25, 0.3) is 136 Å². The molecule has 0 fully saturated rings. The molecule has 0 bridgehead atoms. The van der Waals surface area contributed by atoms with Gasteiger partial charge in [-0.2, -0.15) is 0 Å². The average Bonchev–Trinajstić information content (AvgIpc) is 4.12. The van der Waals surface area contributed by atoms with E-state index in [1.807, 2.05) is 0 Å². The Hall–Kier alpha value is -7.95. The van der Waals surface area contributed by atoms with Crippen LogP contribution in [0.4, 0.5) is 0 Å². The van der Waals surface area contributed by atoms with Gasteiger partial charge in [0.15, 0.2) is 0 Å². The summed E-state index contributed by atoms with van der Waals surface area (Å²) < 4.78 is 7.48. The largest absolute Gasteiger partial charge is 0.309 e. The fourth-order valence-corrected chi connectivity index (χ4v) is 12.2. The maximum atomic E-state index is 5.60. The first-order valence-corrected chi connectivity index (χ1v) is 23.7. The maximum Gasteiger partial charge on any atom is 0.146 e. The number of hydrogen-bond donors (Lipinski definition) is 0. The molecule has 6 aromatic heterocycles. The highest BCUT2D eigenvalue weighted by Gasteiger charge is 2.30. The molecule has 0 N–H and O–H groups in total. The van der Waals surface area contributed by atoms with Gasteiger partial charge in [0.25, 0.3) is 0 Å². The van der Waals surface area contributed by atoms with E-state index in [9.17, 15) is 0 Å². The van der Waals surface area contributed by atoms with Crippen molar-refractivity contribution in [2.45, 2.75) is 52.4 Å². The number of aromatic nitrogens is 4. The second kappa shape index (κ2) is 12.5. The van der Waals surface area contributed by atoms with E-state index < -0.39 is 0 Å². The Balaban J connectivity index is 1.15. The molecule has 318 valence electrons. The van der Waals surface area contributed by atoms with Crippen molar-refractivity contribution in [2.24, 2.45) is 0 Å². The zero-order valence-electron chi connectivity index (χ0n) is 38.5. The molecule has 0 saturated heterocycles. The standard InChI is InChI=1S/C63H46N4/c1-62(2,3)38-25-27-52-45(31-38)48-32-39(63(4,5)6)33-49-56-57-53(34-64-61(56)67(52)58(48)49)66-59-46(47-29-36-17-11-13-21-42(36)55(57)60(47)66)28-35-16-10-12-20-41(35)54(59)37-24-26-51-44(30-37)43-22-14-15-23-50(43)65(51)40-18-8-7-9-19-40/h7-34H,1-6H3. The first-order chi connectivity index (χ1) is 32.5. The first-order valence-electron chi connectivity index (χ1n) is 23.7. The molecule has 0 atom stereocenters. The third kappa shape index (κ3) is 4.74. The molecule has 0 spiro atoms. The number of para-hydroxylation sites is 2. The van der Waals surface area contributed by atoms with Gasteiger partial charge in [-0.05, 0) is 116 Å². The Morgan fingerprint density at radius 1 is 0.373 bits per heavy atom. The highest BCUT2D eigenvalue weighted by Crippen LogP contribution is 2.52. The number of nitrogens with zero attached hydrogens (tertiary/aromatic N) is 4. The van der Waals surface area contributed by atoms with Crippen LogP contribution >= 0.6 is 0 Å². The van der Waals surface area contributed by atoms with Crippen LogP contribution in [0.2, 0.25) is 0 Å². The molecule has 0 aliphatic rings. The Morgan fingerprint density at radius 3 is 1.75 bits per heavy atom. The van der Waals surface area contributed by atoms with E-state index in [1.165, 1.54) is 131 Å². The highest BCUT2D eigenvalue weighted by atomic mass is 15.0. The predicted octanol–water partition coefficient (Wildman–Crippen LogP) is 17.0. The predicted molar refractivity (Wildman–Crippen MR) is 286 cm³/mol. The lowest BCUT2D eigenvalue weighted by Gasteiger charge is -2.20. The van der Waals surface area contributed by atoms with E-state index in [2.05, 4.69) is 225 Å². The van der Waals surface area contributed by atoms with Crippen molar-refractivity contribution in [3.05, 3.63) is 181 Å². The van der Waals surface area contributed by atoms with E-state index in [0.717, 1.165) is 16.9 Å². The lowest BCUT2D eigenvalue weighted by Crippen LogP contribution is -2.11. The minimum Gasteiger partial charge on any atom is -0.309 e. The van der Waals surface area contributed by atoms with Crippen molar-refractivity contribution < 1.29 is 0 Å². The molecule has 0 amide bonds. The van der Waals surface area contributed by atoms with Crippen LogP contribution in [0, 0.1) is 0 Å². The average molecular weight is 859 g/mol. The molecular weight excluding hydrogens is 813 g/mol. The number of hydrogen-bond acceptors (Lipinski definition) is 1. The van der Waals surface area contributed by atoms with Crippen molar-refractivity contribution in [3.63, 3.8) is 0 Å². The van der Waals surface area contributed by atoms with Gasteiger partial charge in [0.2, 0.25) is 0 Å². The van der Waals surface area contributed by atoms with Crippen molar-refractivity contribution in [2.75, 3.05) is 0 Å². The first kappa shape index (κ1) is 37.3. The van der Waals surface area contributed by atoms with E-state index in [-0.39, 0.29) is 10.8 Å². The second-order valence-corrected chi connectivity index (χ2v) is 21.2. The van der Waals surface area contributed by atoms with Crippen LogP contribution in [0.5, 0.6) is 0 Å². The van der Waals surface area contributed by atoms with Crippen LogP contribution in [-0.4, -0.2) is 18.4 Å². The molecule has 0 radical (unpaired) electrons. The van der Waals surface area contributed by atoms with E-state index in [4.69, 9.17) is 4.98 Å². The fourth-order valence-electron chi connectivity index (χ4n) is 12.2. The summed E-state index contributed by atoms with van der Waals surface area (Å²) in [4.78, 5) is 5.60. The summed E-state index contributed by atoms with van der Waals surface area (Å²) in [6.45, 7) is 14.0. The topological polar surface area (TPSA) is 26.6 Å². The third-order valence-electron chi connectivity index (χ3n) is 15.4. The lowest BCUT2D eigenvalue weighted by molar-refractivity contribution is 0.590. The van der Waals surface area contributed by atoms with Crippen LogP contribution in [0.3, 0.4) is 0 Å². The van der Waals surface area contributed by atoms with Gasteiger partial charge in [-0.3, -0.25) is 4.40 Å². The molecule has 0 aliphatic heterocycles. The molecule has 0 aliphatic carbocycles. The summed E-state index contributed by atoms with van der Waals surface area (Å²) in [5.74, 6) is 0. The van der Waals surface area contributed by atoms with Crippen LogP contribution in [0.1, 0.15) is 52.7 Å². The van der Waals surface area contributed by atoms with Gasteiger partial charge in [0, 0.05) is 65.1 Å².